The molecular formula is C21H27N5. The summed E-state index contributed by atoms with van der Waals surface area (Å²) in [5, 5.41) is 7.20. The molecule has 4 N–H and O–H groups in total. The second kappa shape index (κ2) is 6.23. The highest BCUT2D eigenvalue weighted by Crippen LogP contribution is 2.56. The second-order valence-corrected chi connectivity index (χ2v) is 8.64. The maximum atomic E-state index is 5.74. The first-order valence-electron chi connectivity index (χ1n) is 9.86. The van der Waals surface area contributed by atoms with E-state index in [2.05, 4.69) is 26.7 Å². The molecule has 136 valence electrons. The third kappa shape index (κ3) is 3.05. The van der Waals surface area contributed by atoms with Gasteiger partial charge in [0.25, 0.3) is 0 Å². The summed E-state index contributed by atoms with van der Waals surface area (Å²) in [6.45, 7) is 0.540. The van der Waals surface area contributed by atoms with Gasteiger partial charge in [0.15, 0.2) is 0 Å². The minimum Gasteiger partial charge on any atom is -0.364 e. The number of aromatic nitrogens is 2. The summed E-state index contributed by atoms with van der Waals surface area (Å²) in [6.07, 6.45) is 9.94. The Bertz CT molecular complexity index is 767. The van der Waals surface area contributed by atoms with Crippen LogP contribution in [0.25, 0.3) is 0 Å². The van der Waals surface area contributed by atoms with Crippen molar-refractivity contribution < 1.29 is 0 Å². The molecule has 0 amide bonds. The molecule has 5 heteroatoms. The maximum Gasteiger partial charge on any atom is 0.135 e. The zero-order chi connectivity index (χ0) is 17.6. The zero-order valence-electron chi connectivity index (χ0n) is 15.1. The number of benzene rings is 1. The van der Waals surface area contributed by atoms with Crippen molar-refractivity contribution in [1.82, 2.24) is 9.97 Å². The first kappa shape index (κ1) is 16.1. The summed E-state index contributed by atoms with van der Waals surface area (Å²) in [6, 6.07) is 10.2. The van der Waals surface area contributed by atoms with Gasteiger partial charge in [-0.05, 0) is 74.0 Å². The van der Waals surface area contributed by atoms with Crippen molar-refractivity contribution in [2.24, 2.45) is 23.5 Å². The fourth-order valence-electron chi connectivity index (χ4n) is 5.95. The third-order valence-electron chi connectivity index (χ3n) is 6.53. The Morgan fingerprint density at radius 2 is 1.65 bits per heavy atom. The van der Waals surface area contributed by atoms with E-state index in [0.717, 1.165) is 40.6 Å². The quantitative estimate of drug-likeness (QED) is 0.759. The van der Waals surface area contributed by atoms with Crippen LogP contribution in [0.15, 0.2) is 36.7 Å². The SMILES string of the molecule is NCc1cccc(Nc2cc(NC34CC5CC(CC(C5)C3)C4)ncn2)c1. The van der Waals surface area contributed by atoms with E-state index in [0.29, 0.717) is 6.54 Å². The average Bonchev–Trinajstić information content (AvgIpc) is 2.60. The highest BCUT2D eigenvalue weighted by atomic mass is 15.1. The molecule has 4 fully saturated rings. The molecule has 26 heavy (non-hydrogen) atoms. The van der Waals surface area contributed by atoms with Crippen LogP contribution in [0, 0.1) is 17.8 Å². The van der Waals surface area contributed by atoms with Crippen LogP contribution < -0.4 is 16.4 Å². The Morgan fingerprint density at radius 3 is 2.35 bits per heavy atom. The van der Waals surface area contributed by atoms with E-state index in [1.54, 1.807) is 6.33 Å². The Labute approximate surface area is 154 Å². The lowest BCUT2D eigenvalue weighted by molar-refractivity contribution is 0.0105. The lowest BCUT2D eigenvalue weighted by Gasteiger charge is -2.57. The molecule has 0 aliphatic heterocycles. The number of anilines is 3. The van der Waals surface area contributed by atoms with Crippen molar-refractivity contribution >= 4 is 17.3 Å². The highest BCUT2D eigenvalue weighted by Gasteiger charge is 2.51. The fraction of sp³-hybridized carbons (Fsp3) is 0.524. The van der Waals surface area contributed by atoms with Gasteiger partial charge < -0.3 is 16.4 Å². The van der Waals surface area contributed by atoms with Gasteiger partial charge in [-0.2, -0.15) is 0 Å². The van der Waals surface area contributed by atoms with Crippen LogP contribution in [-0.4, -0.2) is 15.5 Å². The first-order chi connectivity index (χ1) is 12.7. The van der Waals surface area contributed by atoms with Crippen LogP contribution in [-0.2, 0) is 6.54 Å². The second-order valence-electron chi connectivity index (χ2n) is 8.64. The molecule has 2 aromatic rings. The van der Waals surface area contributed by atoms with Gasteiger partial charge in [0.2, 0.25) is 0 Å². The van der Waals surface area contributed by atoms with Crippen molar-refractivity contribution in [2.75, 3.05) is 10.6 Å². The van der Waals surface area contributed by atoms with E-state index >= 15 is 0 Å². The highest BCUT2D eigenvalue weighted by molar-refractivity contribution is 5.60. The zero-order valence-corrected chi connectivity index (χ0v) is 15.1. The molecule has 1 heterocycles. The standard InChI is InChI=1S/C21H27N5/c22-12-14-2-1-3-18(7-14)25-19-8-20(24-13-23-19)26-21-9-15-4-16(10-21)6-17(5-15)11-21/h1-3,7-8,13,15-17H,4-6,9-12,22H2,(H2,23,24,25,26). The fourth-order valence-corrected chi connectivity index (χ4v) is 5.95. The lowest BCUT2D eigenvalue weighted by atomic mass is 9.53. The van der Waals surface area contributed by atoms with Gasteiger partial charge in [-0.25, -0.2) is 9.97 Å². The molecule has 4 saturated carbocycles. The van der Waals surface area contributed by atoms with Crippen LogP contribution in [0.3, 0.4) is 0 Å². The van der Waals surface area contributed by atoms with Crippen LogP contribution in [0.2, 0.25) is 0 Å². The maximum absolute atomic E-state index is 5.74. The van der Waals surface area contributed by atoms with E-state index in [1.807, 2.05) is 24.3 Å². The minimum atomic E-state index is 0.264. The third-order valence-corrected chi connectivity index (χ3v) is 6.53. The molecule has 0 radical (unpaired) electrons. The van der Waals surface area contributed by atoms with Crippen LogP contribution >= 0.6 is 0 Å². The first-order valence-corrected chi connectivity index (χ1v) is 9.86. The van der Waals surface area contributed by atoms with Crippen molar-refractivity contribution in [3.8, 4) is 0 Å². The normalized spacial score (nSPS) is 31.8. The molecule has 1 aromatic carbocycles. The predicted octanol–water partition coefficient (Wildman–Crippen LogP) is 4.06. The van der Waals surface area contributed by atoms with E-state index in [-0.39, 0.29) is 5.54 Å². The smallest absolute Gasteiger partial charge is 0.135 e. The van der Waals surface area contributed by atoms with Gasteiger partial charge in [-0.3, -0.25) is 0 Å². The molecule has 0 atom stereocenters. The molecular weight excluding hydrogens is 322 g/mol. The molecule has 4 bridgehead atoms. The van der Waals surface area contributed by atoms with Gasteiger partial charge in [0.05, 0.1) is 0 Å². The molecule has 5 nitrogen and oxygen atoms in total. The van der Waals surface area contributed by atoms with Crippen molar-refractivity contribution in [3.05, 3.63) is 42.2 Å². The molecule has 1 aromatic heterocycles. The minimum absolute atomic E-state index is 0.264. The van der Waals surface area contributed by atoms with Gasteiger partial charge in [-0.1, -0.05) is 12.1 Å². The van der Waals surface area contributed by atoms with E-state index in [4.69, 9.17) is 5.73 Å². The monoisotopic (exact) mass is 349 g/mol. The van der Waals surface area contributed by atoms with E-state index in [9.17, 15) is 0 Å². The molecule has 4 aliphatic carbocycles. The molecule has 0 saturated heterocycles. The summed E-state index contributed by atoms with van der Waals surface area (Å²) in [5.41, 5.74) is 8.12. The van der Waals surface area contributed by atoms with Crippen molar-refractivity contribution in [3.63, 3.8) is 0 Å². The number of hydrogen-bond acceptors (Lipinski definition) is 5. The Morgan fingerprint density at radius 1 is 0.962 bits per heavy atom. The molecule has 0 unspecified atom stereocenters. The van der Waals surface area contributed by atoms with Crippen LogP contribution in [0.1, 0.15) is 44.1 Å². The topological polar surface area (TPSA) is 75.9 Å². The number of nitrogens with one attached hydrogen (secondary N) is 2. The van der Waals surface area contributed by atoms with Gasteiger partial charge in [0, 0.05) is 23.8 Å². The van der Waals surface area contributed by atoms with Crippen LogP contribution in [0.4, 0.5) is 17.3 Å². The summed E-state index contributed by atoms with van der Waals surface area (Å²) in [7, 11) is 0. The molecule has 0 spiro atoms. The summed E-state index contributed by atoms with van der Waals surface area (Å²) >= 11 is 0. The van der Waals surface area contributed by atoms with Crippen molar-refractivity contribution in [2.45, 2.75) is 50.6 Å². The average molecular weight is 349 g/mol. The lowest BCUT2D eigenvalue weighted by Crippen LogP contribution is -2.54. The van der Waals surface area contributed by atoms with E-state index in [1.165, 1.54) is 38.5 Å². The van der Waals surface area contributed by atoms with Crippen molar-refractivity contribution in [1.29, 1.82) is 0 Å². The Hall–Kier alpha value is -2.14. The van der Waals surface area contributed by atoms with Gasteiger partial charge in [-0.15, -0.1) is 0 Å². The Kier molecular flexibility index (Phi) is 3.85. The van der Waals surface area contributed by atoms with Crippen LogP contribution in [0.5, 0.6) is 0 Å². The number of hydrogen-bond donors (Lipinski definition) is 3. The number of nitrogens with zero attached hydrogens (tertiary/aromatic N) is 2. The number of nitrogens with two attached hydrogens (primary N) is 1. The van der Waals surface area contributed by atoms with E-state index < -0.39 is 0 Å². The largest absolute Gasteiger partial charge is 0.364 e. The summed E-state index contributed by atoms with van der Waals surface area (Å²) in [4.78, 5) is 8.90. The predicted molar refractivity (Wildman–Crippen MR) is 104 cm³/mol. The molecule has 4 aliphatic rings. The molecule has 6 rings (SSSR count). The van der Waals surface area contributed by atoms with Gasteiger partial charge >= 0.3 is 0 Å². The summed E-state index contributed by atoms with van der Waals surface area (Å²) in [5.74, 6) is 4.53. The van der Waals surface area contributed by atoms with Gasteiger partial charge in [0.1, 0.15) is 18.0 Å². The summed E-state index contributed by atoms with van der Waals surface area (Å²) < 4.78 is 0. The number of rotatable bonds is 5. The Balaban J connectivity index is 1.34.